The molecule has 0 atom stereocenters. The maximum absolute atomic E-state index is 13.6. The Morgan fingerprint density at radius 2 is 1.96 bits per heavy atom. The maximum Gasteiger partial charge on any atom is 0.236 e. The van der Waals surface area contributed by atoms with Gasteiger partial charge in [0.15, 0.2) is 0 Å². The molecule has 0 saturated heterocycles. The summed E-state index contributed by atoms with van der Waals surface area (Å²) in [5.74, 6) is 0.472. The van der Waals surface area contributed by atoms with Gasteiger partial charge in [0.1, 0.15) is 11.6 Å². The van der Waals surface area contributed by atoms with Gasteiger partial charge in [-0.15, -0.1) is 11.8 Å². The molecular weight excluding hydrogens is 372 g/mol. The number of aryl methyl sites for hydroxylation is 1. The third-order valence-corrected chi connectivity index (χ3v) is 4.68. The molecule has 0 bridgehead atoms. The van der Waals surface area contributed by atoms with Crippen molar-refractivity contribution < 1.29 is 18.1 Å². The molecule has 0 aliphatic carbocycles. The van der Waals surface area contributed by atoms with Crippen LogP contribution in [0.25, 0.3) is 11.4 Å². The minimum absolute atomic E-state index is 0.148. The molecule has 1 aromatic heterocycles. The number of hydrogen-bond acceptors (Lipinski definition) is 5. The number of nitrogens with one attached hydrogen (secondary N) is 1. The Balaban J connectivity index is 1.45. The predicted molar refractivity (Wildman–Crippen MR) is 98.8 cm³/mol. The van der Waals surface area contributed by atoms with Gasteiger partial charge in [-0.3, -0.25) is 4.79 Å². The Morgan fingerprint density at radius 1 is 1.19 bits per heavy atom. The fraction of sp³-hybridized carbons (Fsp3) is 0.211. The largest absolute Gasteiger partial charge is 0.351 e. The molecule has 27 heavy (non-hydrogen) atoms. The van der Waals surface area contributed by atoms with Crippen molar-refractivity contribution in [2.45, 2.75) is 19.2 Å². The number of halogens is 2. The summed E-state index contributed by atoms with van der Waals surface area (Å²) in [4.78, 5) is 16.1. The van der Waals surface area contributed by atoms with Crippen molar-refractivity contribution in [1.29, 1.82) is 0 Å². The number of carbonyl (C=O) groups excluding carboxylic acids is 1. The number of hydrogen-bond donors (Lipinski definition) is 1. The molecule has 0 fully saturated rings. The van der Waals surface area contributed by atoms with E-state index in [1.807, 2.05) is 0 Å². The molecule has 0 aliphatic heterocycles. The molecule has 0 spiro atoms. The van der Waals surface area contributed by atoms with Crippen molar-refractivity contribution in [3.8, 4) is 11.4 Å². The lowest BCUT2D eigenvalue weighted by Crippen LogP contribution is -2.24. The number of benzene rings is 2. The van der Waals surface area contributed by atoms with Crippen molar-refractivity contribution >= 4 is 17.7 Å². The summed E-state index contributed by atoms with van der Waals surface area (Å²) >= 11 is 1.32. The van der Waals surface area contributed by atoms with Crippen molar-refractivity contribution in [2.24, 2.45) is 0 Å². The summed E-state index contributed by atoms with van der Waals surface area (Å²) in [6.45, 7) is 2.02. The monoisotopic (exact) mass is 389 g/mol. The van der Waals surface area contributed by atoms with E-state index >= 15 is 0 Å². The first-order chi connectivity index (χ1) is 13.0. The molecule has 140 valence electrons. The van der Waals surface area contributed by atoms with E-state index < -0.39 is 0 Å². The van der Waals surface area contributed by atoms with Crippen molar-refractivity contribution in [1.82, 2.24) is 15.5 Å². The van der Waals surface area contributed by atoms with Crippen LogP contribution in [0.2, 0.25) is 0 Å². The van der Waals surface area contributed by atoms with Gasteiger partial charge in [0.2, 0.25) is 17.6 Å². The second-order valence-electron chi connectivity index (χ2n) is 5.87. The number of thioether (sulfide) groups is 1. The SMILES string of the molecule is Cc1ccc(-c2noc(CSCC(=O)NCc3ccc(F)cc3)n2)cc1F. The van der Waals surface area contributed by atoms with E-state index in [1.165, 1.54) is 30.0 Å². The van der Waals surface area contributed by atoms with E-state index in [1.54, 1.807) is 31.2 Å². The molecule has 0 radical (unpaired) electrons. The maximum atomic E-state index is 13.6. The van der Waals surface area contributed by atoms with Gasteiger partial charge < -0.3 is 9.84 Å². The van der Waals surface area contributed by atoms with Crippen LogP contribution in [0.5, 0.6) is 0 Å². The van der Waals surface area contributed by atoms with E-state index in [-0.39, 0.29) is 23.3 Å². The van der Waals surface area contributed by atoms with Gasteiger partial charge in [-0.05, 0) is 36.2 Å². The number of amides is 1. The summed E-state index contributed by atoms with van der Waals surface area (Å²) in [6.07, 6.45) is 0. The van der Waals surface area contributed by atoms with Gasteiger partial charge in [-0.1, -0.05) is 29.4 Å². The van der Waals surface area contributed by atoms with Gasteiger partial charge >= 0.3 is 0 Å². The Morgan fingerprint density at radius 3 is 2.70 bits per heavy atom. The lowest BCUT2D eigenvalue weighted by atomic mass is 10.1. The third-order valence-electron chi connectivity index (χ3n) is 3.76. The zero-order valence-electron chi connectivity index (χ0n) is 14.5. The van der Waals surface area contributed by atoms with Crippen LogP contribution in [0.4, 0.5) is 8.78 Å². The highest BCUT2D eigenvalue weighted by Gasteiger charge is 2.11. The van der Waals surface area contributed by atoms with E-state index in [0.717, 1.165) is 5.56 Å². The van der Waals surface area contributed by atoms with E-state index in [9.17, 15) is 13.6 Å². The molecule has 8 heteroatoms. The minimum atomic E-state index is -0.328. The highest BCUT2D eigenvalue weighted by molar-refractivity contribution is 7.99. The quantitative estimate of drug-likeness (QED) is 0.664. The summed E-state index contributed by atoms with van der Waals surface area (Å²) in [6, 6.07) is 10.7. The molecule has 5 nitrogen and oxygen atoms in total. The Kier molecular flexibility index (Phi) is 6.18. The van der Waals surface area contributed by atoms with Crippen LogP contribution in [0.15, 0.2) is 47.0 Å². The first kappa shape index (κ1) is 19.0. The van der Waals surface area contributed by atoms with Crippen LogP contribution in [0.3, 0.4) is 0 Å². The molecule has 1 N–H and O–H groups in total. The van der Waals surface area contributed by atoms with Crippen molar-refractivity contribution in [3.63, 3.8) is 0 Å². The predicted octanol–water partition coefficient (Wildman–Crippen LogP) is 3.87. The molecule has 0 unspecified atom stereocenters. The lowest BCUT2D eigenvalue weighted by Gasteiger charge is -2.04. The molecule has 2 aromatic carbocycles. The van der Waals surface area contributed by atoms with Crippen LogP contribution in [-0.2, 0) is 17.1 Å². The van der Waals surface area contributed by atoms with Crippen LogP contribution < -0.4 is 5.32 Å². The first-order valence-electron chi connectivity index (χ1n) is 8.19. The molecule has 1 heterocycles. The van der Waals surface area contributed by atoms with E-state index in [4.69, 9.17) is 4.52 Å². The topological polar surface area (TPSA) is 68.0 Å². The lowest BCUT2D eigenvalue weighted by molar-refractivity contribution is -0.118. The Bertz CT molecular complexity index is 929. The molecule has 3 rings (SSSR count). The molecule has 3 aromatic rings. The highest BCUT2D eigenvalue weighted by Crippen LogP contribution is 2.20. The van der Waals surface area contributed by atoms with Crippen LogP contribution in [0.1, 0.15) is 17.0 Å². The minimum Gasteiger partial charge on any atom is -0.351 e. The van der Waals surface area contributed by atoms with Crippen molar-refractivity contribution in [3.05, 3.63) is 71.1 Å². The number of carbonyl (C=O) groups is 1. The van der Waals surface area contributed by atoms with Gasteiger partial charge in [-0.2, -0.15) is 4.98 Å². The third kappa shape index (κ3) is 5.37. The number of nitrogens with zero attached hydrogens (tertiary/aromatic N) is 2. The highest BCUT2D eigenvalue weighted by atomic mass is 32.2. The van der Waals surface area contributed by atoms with Crippen LogP contribution in [-0.4, -0.2) is 21.8 Å². The fourth-order valence-electron chi connectivity index (χ4n) is 2.25. The average molecular weight is 389 g/mol. The molecule has 0 aliphatic rings. The van der Waals surface area contributed by atoms with Gasteiger partial charge in [0.25, 0.3) is 0 Å². The molecule has 1 amide bonds. The fourth-order valence-corrected chi connectivity index (χ4v) is 2.93. The van der Waals surface area contributed by atoms with E-state index in [0.29, 0.717) is 35.1 Å². The summed E-state index contributed by atoms with van der Waals surface area (Å²) in [7, 11) is 0. The van der Waals surface area contributed by atoms with Crippen LogP contribution >= 0.6 is 11.8 Å². The first-order valence-corrected chi connectivity index (χ1v) is 9.35. The Labute approximate surface area is 159 Å². The number of rotatable bonds is 7. The van der Waals surface area contributed by atoms with Crippen molar-refractivity contribution in [2.75, 3.05) is 5.75 Å². The second kappa shape index (κ2) is 8.77. The zero-order valence-corrected chi connectivity index (χ0v) is 15.4. The van der Waals surface area contributed by atoms with Gasteiger partial charge in [0.05, 0.1) is 11.5 Å². The average Bonchev–Trinajstić information content (AvgIpc) is 3.12. The van der Waals surface area contributed by atoms with Gasteiger partial charge in [-0.25, -0.2) is 8.78 Å². The zero-order chi connectivity index (χ0) is 19.2. The smallest absolute Gasteiger partial charge is 0.236 e. The summed E-state index contributed by atoms with van der Waals surface area (Å²) in [5, 5.41) is 6.60. The Hall–Kier alpha value is -2.74. The number of aromatic nitrogens is 2. The van der Waals surface area contributed by atoms with E-state index in [2.05, 4.69) is 15.5 Å². The second-order valence-corrected chi connectivity index (χ2v) is 6.86. The summed E-state index contributed by atoms with van der Waals surface area (Å²) < 4.78 is 31.6. The standard InChI is InChI=1S/C19H17F2N3O2S/c1-12-2-5-14(8-16(12)21)19-23-18(26-24-19)11-27-10-17(25)22-9-13-3-6-15(20)7-4-13/h2-8H,9-11H2,1H3,(H,22,25). The summed E-state index contributed by atoms with van der Waals surface area (Å²) in [5.41, 5.74) is 1.90. The normalized spacial score (nSPS) is 10.8. The molecule has 0 saturated carbocycles. The van der Waals surface area contributed by atoms with Crippen LogP contribution in [0, 0.1) is 18.6 Å². The molecular formula is C19H17F2N3O2S. The van der Waals surface area contributed by atoms with Gasteiger partial charge in [0, 0.05) is 12.1 Å².